The third kappa shape index (κ3) is 4.38. The molecule has 2 aromatic rings. The molecule has 1 fully saturated rings. The first-order valence-electron chi connectivity index (χ1n) is 9.71. The molecule has 0 atom stereocenters. The first-order chi connectivity index (χ1) is 13.3. The number of amides is 1. The smallest absolute Gasteiger partial charge is 0.264 e. The zero-order chi connectivity index (χ0) is 20.3. The summed E-state index contributed by atoms with van der Waals surface area (Å²) in [4.78, 5) is 14.9. The third-order valence-electron chi connectivity index (χ3n) is 5.37. The van der Waals surface area contributed by atoms with E-state index in [4.69, 9.17) is 0 Å². The Balaban J connectivity index is 1.98. The minimum Gasteiger partial charge on any atom is -0.341 e. The van der Waals surface area contributed by atoms with E-state index in [-0.39, 0.29) is 23.4 Å². The lowest BCUT2D eigenvalue weighted by Crippen LogP contribution is -2.44. The highest BCUT2D eigenvalue weighted by Crippen LogP contribution is 2.27. The zero-order valence-corrected chi connectivity index (χ0v) is 17.6. The van der Waals surface area contributed by atoms with E-state index in [1.807, 2.05) is 32.0 Å². The molecule has 3 rings (SSSR count). The second kappa shape index (κ2) is 8.35. The molecule has 0 aliphatic heterocycles. The monoisotopic (exact) mass is 400 g/mol. The van der Waals surface area contributed by atoms with Gasteiger partial charge in [-0.15, -0.1) is 0 Å². The van der Waals surface area contributed by atoms with Crippen LogP contribution in [-0.2, 0) is 14.8 Å². The first kappa shape index (κ1) is 20.4. The van der Waals surface area contributed by atoms with E-state index in [2.05, 4.69) is 0 Å². The van der Waals surface area contributed by atoms with Gasteiger partial charge in [-0.2, -0.15) is 0 Å². The SMILES string of the molecule is Cc1cc(C)cc(N(CC(=O)N(C)C2CCCC2)S(=O)(=O)c2ccccc2)c1. The molecule has 0 heterocycles. The summed E-state index contributed by atoms with van der Waals surface area (Å²) in [6.07, 6.45) is 4.20. The predicted octanol–water partition coefficient (Wildman–Crippen LogP) is 3.90. The normalized spacial score (nSPS) is 14.8. The van der Waals surface area contributed by atoms with Crippen LogP contribution in [-0.4, -0.2) is 38.9 Å². The molecule has 1 aliphatic carbocycles. The molecule has 1 aliphatic rings. The van der Waals surface area contributed by atoms with Crippen LogP contribution in [0.2, 0.25) is 0 Å². The number of sulfonamides is 1. The molecule has 0 spiro atoms. The number of aryl methyl sites for hydroxylation is 2. The molecule has 5 nitrogen and oxygen atoms in total. The number of carbonyl (C=O) groups excluding carboxylic acids is 1. The maximum atomic E-state index is 13.4. The second-order valence-electron chi connectivity index (χ2n) is 7.61. The van der Waals surface area contributed by atoms with Crippen molar-refractivity contribution in [3.05, 3.63) is 59.7 Å². The number of rotatable bonds is 6. The fourth-order valence-corrected chi connectivity index (χ4v) is 5.28. The van der Waals surface area contributed by atoms with Gasteiger partial charge >= 0.3 is 0 Å². The van der Waals surface area contributed by atoms with Gasteiger partial charge in [0.2, 0.25) is 5.91 Å². The van der Waals surface area contributed by atoms with E-state index < -0.39 is 10.0 Å². The summed E-state index contributed by atoms with van der Waals surface area (Å²) in [5.74, 6) is -0.175. The van der Waals surface area contributed by atoms with Crippen molar-refractivity contribution in [3.8, 4) is 0 Å². The fraction of sp³-hybridized carbons (Fsp3) is 0.409. The maximum absolute atomic E-state index is 13.4. The van der Waals surface area contributed by atoms with Crippen LogP contribution >= 0.6 is 0 Å². The molecule has 0 bridgehead atoms. The number of benzene rings is 2. The number of likely N-dealkylation sites (N-methyl/N-ethyl adjacent to an activating group) is 1. The first-order valence-corrected chi connectivity index (χ1v) is 11.1. The molecule has 28 heavy (non-hydrogen) atoms. The fourth-order valence-electron chi connectivity index (χ4n) is 3.86. The topological polar surface area (TPSA) is 57.7 Å². The van der Waals surface area contributed by atoms with Crippen LogP contribution in [0.5, 0.6) is 0 Å². The summed E-state index contributed by atoms with van der Waals surface area (Å²) in [5.41, 5.74) is 2.44. The van der Waals surface area contributed by atoms with E-state index in [9.17, 15) is 13.2 Å². The van der Waals surface area contributed by atoms with Crippen LogP contribution in [0.15, 0.2) is 53.4 Å². The summed E-state index contributed by atoms with van der Waals surface area (Å²) in [5, 5.41) is 0. The Bertz CT molecular complexity index is 915. The van der Waals surface area contributed by atoms with Gasteiger partial charge in [0.1, 0.15) is 6.54 Å². The quantitative estimate of drug-likeness (QED) is 0.739. The molecule has 0 unspecified atom stereocenters. The molecule has 2 aromatic carbocycles. The molecular weight excluding hydrogens is 372 g/mol. The molecular formula is C22H28N2O3S. The van der Waals surface area contributed by atoms with E-state index in [1.54, 1.807) is 42.3 Å². The van der Waals surface area contributed by atoms with Gasteiger partial charge in [0.25, 0.3) is 10.0 Å². The molecule has 0 saturated heterocycles. The van der Waals surface area contributed by atoms with Crippen molar-refractivity contribution in [1.82, 2.24) is 4.90 Å². The standard InChI is InChI=1S/C22H28N2O3S/c1-17-13-18(2)15-20(14-17)24(28(26,27)21-11-5-4-6-12-21)16-22(25)23(3)19-9-7-8-10-19/h4-6,11-15,19H,7-10,16H2,1-3H3. The van der Waals surface area contributed by atoms with Gasteiger partial charge in [-0.05, 0) is 62.1 Å². The highest BCUT2D eigenvalue weighted by atomic mass is 32.2. The third-order valence-corrected chi connectivity index (χ3v) is 7.16. The van der Waals surface area contributed by atoms with E-state index in [1.165, 1.54) is 4.31 Å². The number of nitrogens with zero attached hydrogens (tertiary/aromatic N) is 2. The molecule has 1 amide bonds. The van der Waals surface area contributed by atoms with E-state index in [0.29, 0.717) is 5.69 Å². The molecule has 0 N–H and O–H groups in total. The lowest BCUT2D eigenvalue weighted by atomic mass is 10.1. The van der Waals surface area contributed by atoms with Gasteiger partial charge < -0.3 is 4.90 Å². The summed E-state index contributed by atoms with van der Waals surface area (Å²) in [7, 11) is -2.07. The minimum absolute atomic E-state index is 0.175. The van der Waals surface area contributed by atoms with Crippen molar-refractivity contribution >= 4 is 21.6 Å². The number of hydrogen-bond donors (Lipinski definition) is 0. The van der Waals surface area contributed by atoms with E-state index >= 15 is 0 Å². The van der Waals surface area contributed by atoms with Crippen molar-refractivity contribution in [1.29, 1.82) is 0 Å². The summed E-state index contributed by atoms with van der Waals surface area (Å²) in [6.45, 7) is 3.65. The highest BCUT2D eigenvalue weighted by molar-refractivity contribution is 7.92. The van der Waals surface area contributed by atoms with Gasteiger partial charge in [-0.25, -0.2) is 8.42 Å². The lowest BCUT2D eigenvalue weighted by molar-refractivity contribution is -0.130. The number of anilines is 1. The van der Waals surface area contributed by atoms with Crippen molar-refractivity contribution < 1.29 is 13.2 Å². The molecule has 6 heteroatoms. The maximum Gasteiger partial charge on any atom is 0.264 e. The average Bonchev–Trinajstić information content (AvgIpc) is 3.19. The van der Waals surface area contributed by atoms with Crippen LogP contribution in [0.25, 0.3) is 0 Å². The molecule has 0 radical (unpaired) electrons. The molecule has 0 aromatic heterocycles. The van der Waals surface area contributed by atoms with Gasteiger partial charge in [0.15, 0.2) is 0 Å². The van der Waals surface area contributed by atoms with E-state index in [0.717, 1.165) is 36.8 Å². The zero-order valence-electron chi connectivity index (χ0n) is 16.8. The summed E-state index contributed by atoms with van der Waals surface area (Å²) < 4.78 is 28.0. The Morgan fingerprint density at radius 1 is 1.00 bits per heavy atom. The minimum atomic E-state index is -3.85. The highest BCUT2D eigenvalue weighted by Gasteiger charge is 2.31. The van der Waals surface area contributed by atoms with Crippen molar-refractivity contribution in [2.45, 2.75) is 50.5 Å². The van der Waals surface area contributed by atoms with Crippen LogP contribution in [0, 0.1) is 13.8 Å². The Morgan fingerprint density at radius 3 is 2.14 bits per heavy atom. The Labute approximate surface area is 168 Å². The lowest BCUT2D eigenvalue weighted by Gasteiger charge is -2.29. The summed E-state index contributed by atoms with van der Waals surface area (Å²) in [6, 6.07) is 14.1. The second-order valence-corrected chi connectivity index (χ2v) is 9.48. The number of hydrogen-bond acceptors (Lipinski definition) is 3. The van der Waals surface area contributed by atoms with Crippen LogP contribution in [0.1, 0.15) is 36.8 Å². The van der Waals surface area contributed by atoms with Gasteiger partial charge in [0, 0.05) is 13.1 Å². The van der Waals surface area contributed by atoms with Gasteiger partial charge in [-0.1, -0.05) is 37.1 Å². The average molecular weight is 401 g/mol. The Kier molecular flexibility index (Phi) is 6.08. The summed E-state index contributed by atoms with van der Waals surface area (Å²) >= 11 is 0. The molecule has 150 valence electrons. The van der Waals surface area contributed by atoms with Crippen LogP contribution in [0.4, 0.5) is 5.69 Å². The predicted molar refractivity (Wildman–Crippen MR) is 112 cm³/mol. The largest absolute Gasteiger partial charge is 0.341 e. The Hall–Kier alpha value is -2.34. The van der Waals surface area contributed by atoms with Crippen molar-refractivity contribution in [2.24, 2.45) is 0 Å². The van der Waals surface area contributed by atoms with Crippen LogP contribution < -0.4 is 4.31 Å². The van der Waals surface area contributed by atoms with Crippen molar-refractivity contribution in [2.75, 3.05) is 17.9 Å². The Morgan fingerprint density at radius 2 is 1.57 bits per heavy atom. The van der Waals surface area contributed by atoms with Gasteiger partial charge in [0.05, 0.1) is 10.6 Å². The van der Waals surface area contributed by atoms with Crippen LogP contribution in [0.3, 0.4) is 0 Å². The molecule has 1 saturated carbocycles. The number of carbonyl (C=O) groups is 1. The van der Waals surface area contributed by atoms with Crippen molar-refractivity contribution in [3.63, 3.8) is 0 Å². The van der Waals surface area contributed by atoms with Gasteiger partial charge in [-0.3, -0.25) is 9.10 Å².